The number of hydrogen-bond donors (Lipinski definition) is 1. The minimum Gasteiger partial charge on any atom is -0.494 e. The van der Waals surface area contributed by atoms with Gasteiger partial charge in [0.05, 0.1) is 13.0 Å². The van der Waals surface area contributed by atoms with Crippen molar-refractivity contribution in [3.63, 3.8) is 0 Å². The summed E-state index contributed by atoms with van der Waals surface area (Å²) >= 11 is 0. The average Bonchev–Trinajstić information content (AvgIpc) is 2.96. The number of halogens is 1. The first-order valence-electron chi connectivity index (χ1n) is 6.41. The molecule has 1 aliphatic heterocycles. The topological polar surface area (TPSA) is 58.6 Å². The quantitative estimate of drug-likeness (QED) is 0.900. The first-order valence-corrected chi connectivity index (χ1v) is 6.41. The lowest BCUT2D eigenvalue weighted by Gasteiger charge is -2.16. The van der Waals surface area contributed by atoms with E-state index in [4.69, 9.17) is 4.74 Å². The lowest BCUT2D eigenvalue weighted by atomic mass is 10.1. The number of methoxy groups -OCH3 is 1. The molecule has 2 rings (SSSR count). The molecule has 1 unspecified atom stereocenters. The molecule has 1 atom stereocenters. The SMILES string of the molecule is CNC(=O)C1CCN(C(=O)c2ccc(F)c(OC)c2)C1. The van der Waals surface area contributed by atoms with Gasteiger partial charge in [0.25, 0.3) is 5.91 Å². The maximum atomic E-state index is 13.3. The fourth-order valence-corrected chi connectivity index (χ4v) is 2.34. The Morgan fingerprint density at radius 2 is 2.20 bits per heavy atom. The van der Waals surface area contributed by atoms with E-state index in [1.165, 1.54) is 25.3 Å². The summed E-state index contributed by atoms with van der Waals surface area (Å²) in [6.45, 7) is 0.912. The predicted molar refractivity (Wildman–Crippen MR) is 71.0 cm³/mol. The van der Waals surface area contributed by atoms with Crippen LogP contribution in [-0.4, -0.2) is 44.0 Å². The van der Waals surface area contributed by atoms with Crippen molar-refractivity contribution in [1.29, 1.82) is 0 Å². The summed E-state index contributed by atoms with van der Waals surface area (Å²) < 4.78 is 18.2. The molecule has 1 aromatic carbocycles. The van der Waals surface area contributed by atoms with Crippen molar-refractivity contribution in [3.8, 4) is 5.75 Å². The highest BCUT2D eigenvalue weighted by Gasteiger charge is 2.31. The number of ether oxygens (including phenoxy) is 1. The standard InChI is InChI=1S/C14H17FN2O3/c1-16-13(18)10-5-6-17(8-10)14(19)9-3-4-11(15)12(7-9)20-2/h3-4,7,10H,5-6,8H2,1-2H3,(H,16,18). The van der Waals surface area contributed by atoms with E-state index >= 15 is 0 Å². The van der Waals surface area contributed by atoms with E-state index in [2.05, 4.69) is 5.32 Å². The highest BCUT2D eigenvalue weighted by Crippen LogP contribution is 2.22. The van der Waals surface area contributed by atoms with Gasteiger partial charge in [-0.05, 0) is 24.6 Å². The zero-order chi connectivity index (χ0) is 14.7. The number of carbonyl (C=O) groups is 2. The third kappa shape index (κ3) is 2.74. The molecule has 20 heavy (non-hydrogen) atoms. The zero-order valence-corrected chi connectivity index (χ0v) is 11.5. The fraction of sp³-hybridized carbons (Fsp3) is 0.429. The maximum Gasteiger partial charge on any atom is 0.254 e. The van der Waals surface area contributed by atoms with Gasteiger partial charge in [-0.3, -0.25) is 9.59 Å². The summed E-state index contributed by atoms with van der Waals surface area (Å²) in [6.07, 6.45) is 0.643. The van der Waals surface area contributed by atoms with Crippen molar-refractivity contribution in [1.82, 2.24) is 10.2 Å². The van der Waals surface area contributed by atoms with Gasteiger partial charge in [0.15, 0.2) is 11.6 Å². The van der Waals surface area contributed by atoms with Gasteiger partial charge in [0, 0.05) is 25.7 Å². The molecular formula is C14H17FN2O3. The van der Waals surface area contributed by atoms with Crippen LogP contribution in [0.5, 0.6) is 5.75 Å². The highest BCUT2D eigenvalue weighted by atomic mass is 19.1. The van der Waals surface area contributed by atoms with Crippen LogP contribution < -0.4 is 10.1 Å². The van der Waals surface area contributed by atoms with Crippen molar-refractivity contribution in [2.75, 3.05) is 27.2 Å². The molecule has 1 aromatic rings. The third-order valence-electron chi connectivity index (χ3n) is 3.49. The van der Waals surface area contributed by atoms with Gasteiger partial charge in [-0.2, -0.15) is 0 Å². The molecule has 0 spiro atoms. The molecule has 0 aliphatic carbocycles. The average molecular weight is 280 g/mol. The Balaban J connectivity index is 2.11. The Morgan fingerprint density at radius 1 is 1.45 bits per heavy atom. The molecule has 0 radical (unpaired) electrons. The van der Waals surface area contributed by atoms with Crippen LogP contribution in [0.4, 0.5) is 4.39 Å². The predicted octanol–water partition coefficient (Wildman–Crippen LogP) is 1.04. The van der Waals surface area contributed by atoms with Crippen LogP contribution in [0.15, 0.2) is 18.2 Å². The Labute approximate surface area is 116 Å². The summed E-state index contributed by atoms with van der Waals surface area (Å²) in [5.74, 6) is -0.912. The molecule has 0 bridgehead atoms. The second kappa shape index (κ2) is 5.90. The third-order valence-corrected chi connectivity index (χ3v) is 3.49. The number of likely N-dealkylation sites (tertiary alicyclic amines) is 1. The van der Waals surface area contributed by atoms with Crippen molar-refractivity contribution in [2.45, 2.75) is 6.42 Å². The minimum absolute atomic E-state index is 0.0397. The van der Waals surface area contributed by atoms with E-state index in [0.717, 1.165) is 0 Å². The second-order valence-corrected chi connectivity index (χ2v) is 4.70. The molecule has 1 heterocycles. The van der Waals surface area contributed by atoms with Crippen molar-refractivity contribution >= 4 is 11.8 Å². The number of carbonyl (C=O) groups excluding carboxylic acids is 2. The van der Waals surface area contributed by atoms with Gasteiger partial charge >= 0.3 is 0 Å². The first kappa shape index (κ1) is 14.3. The number of nitrogens with zero attached hydrogens (tertiary/aromatic N) is 1. The lowest BCUT2D eigenvalue weighted by Crippen LogP contribution is -2.33. The van der Waals surface area contributed by atoms with Crippen molar-refractivity contribution < 1.29 is 18.7 Å². The Hall–Kier alpha value is -2.11. The Kier molecular flexibility index (Phi) is 4.22. The summed E-state index contributed by atoms with van der Waals surface area (Å²) in [6, 6.07) is 4.01. The number of rotatable bonds is 3. The summed E-state index contributed by atoms with van der Waals surface area (Å²) in [5, 5.41) is 2.59. The first-order chi connectivity index (χ1) is 9.56. The fourth-order valence-electron chi connectivity index (χ4n) is 2.34. The van der Waals surface area contributed by atoms with Crippen LogP contribution in [0.1, 0.15) is 16.8 Å². The molecule has 1 fully saturated rings. The van der Waals surface area contributed by atoms with Crippen LogP contribution in [0.3, 0.4) is 0 Å². The van der Waals surface area contributed by atoms with Crippen LogP contribution in [0.2, 0.25) is 0 Å². The molecule has 1 aliphatic rings. The minimum atomic E-state index is -0.506. The molecule has 5 nitrogen and oxygen atoms in total. The summed E-state index contributed by atoms with van der Waals surface area (Å²) in [7, 11) is 2.93. The monoisotopic (exact) mass is 280 g/mol. The highest BCUT2D eigenvalue weighted by molar-refractivity contribution is 5.95. The summed E-state index contributed by atoms with van der Waals surface area (Å²) in [4.78, 5) is 25.4. The van der Waals surface area contributed by atoms with Crippen LogP contribution in [0.25, 0.3) is 0 Å². The van der Waals surface area contributed by atoms with E-state index in [-0.39, 0.29) is 23.5 Å². The Bertz CT molecular complexity index is 533. The van der Waals surface area contributed by atoms with Crippen molar-refractivity contribution in [3.05, 3.63) is 29.6 Å². The molecule has 1 saturated heterocycles. The smallest absolute Gasteiger partial charge is 0.254 e. The Morgan fingerprint density at radius 3 is 2.85 bits per heavy atom. The number of nitrogens with one attached hydrogen (secondary N) is 1. The molecule has 1 N–H and O–H groups in total. The second-order valence-electron chi connectivity index (χ2n) is 4.70. The molecule has 2 amide bonds. The zero-order valence-electron chi connectivity index (χ0n) is 11.5. The van der Waals surface area contributed by atoms with Gasteiger partial charge in [0.1, 0.15) is 0 Å². The molecule has 6 heteroatoms. The van der Waals surface area contributed by atoms with Gasteiger partial charge < -0.3 is 15.0 Å². The van der Waals surface area contributed by atoms with E-state index in [1.807, 2.05) is 0 Å². The molecular weight excluding hydrogens is 263 g/mol. The molecule has 0 aromatic heterocycles. The lowest BCUT2D eigenvalue weighted by molar-refractivity contribution is -0.124. The largest absolute Gasteiger partial charge is 0.494 e. The van der Waals surface area contributed by atoms with E-state index in [0.29, 0.717) is 25.1 Å². The summed E-state index contributed by atoms with van der Waals surface area (Å²) in [5.41, 5.74) is 0.362. The van der Waals surface area contributed by atoms with Gasteiger partial charge in [-0.1, -0.05) is 0 Å². The normalized spacial score (nSPS) is 17.9. The van der Waals surface area contributed by atoms with Gasteiger partial charge in [-0.15, -0.1) is 0 Å². The van der Waals surface area contributed by atoms with Crippen LogP contribution in [-0.2, 0) is 4.79 Å². The van der Waals surface area contributed by atoms with Crippen LogP contribution >= 0.6 is 0 Å². The molecule has 0 saturated carbocycles. The maximum absolute atomic E-state index is 13.3. The van der Waals surface area contributed by atoms with E-state index in [9.17, 15) is 14.0 Å². The van der Waals surface area contributed by atoms with Gasteiger partial charge in [0.2, 0.25) is 5.91 Å². The van der Waals surface area contributed by atoms with Gasteiger partial charge in [-0.25, -0.2) is 4.39 Å². The van der Waals surface area contributed by atoms with Crippen molar-refractivity contribution in [2.24, 2.45) is 5.92 Å². The van der Waals surface area contributed by atoms with E-state index in [1.54, 1.807) is 11.9 Å². The van der Waals surface area contributed by atoms with E-state index < -0.39 is 5.82 Å². The number of amides is 2. The number of benzene rings is 1. The molecule has 108 valence electrons. The number of hydrogen-bond acceptors (Lipinski definition) is 3. The van der Waals surface area contributed by atoms with Crippen LogP contribution in [0, 0.1) is 11.7 Å².